The van der Waals surface area contributed by atoms with Crippen LogP contribution in [0.5, 0.6) is 28.7 Å². The number of ether oxygens (including phenoxy) is 2. The molecule has 2 bridgehead atoms. The number of quaternary nitrogens is 1. The van der Waals surface area contributed by atoms with E-state index >= 15 is 0 Å². The Kier molecular flexibility index (Phi) is 7.73. The van der Waals surface area contributed by atoms with Gasteiger partial charge in [-0.3, -0.25) is 20.2 Å². The molecule has 5 aromatic carbocycles. The van der Waals surface area contributed by atoms with E-state index in [-0.39, 0.29) is 62.6 Å². The summed E-state index contributed by atoms with van der Waals surface area (Å²) in [7, 11) is 0. The first-order valence-electron chi connectivity index (χ1n) is 14.7. The summed E-state index contributed by atoms with van der Waals surface area (Å²) in [5, 5.41) is 33.3. The number of aryl methyl sites for hydroxylation is 4. The van der Waals surface area contributed by atoms with Gasteiger partial charge in [-0.05, 0) is 93.4 Å². The summed E-state index contributed by atoms with van der Waals surface area (Å²) < 4.78 is 11.3. The summed E-state index contributed by atoms with van der Waals surface area (Å²) >= 11 is 0. The molecule has 0 spiro atoms. The van der Waals surface area contributed by atoms with Gasteiger partial charge in [0.1, 0.15) is 28.7 Å². The minimum absolute atomic E-state index is 0.0881. The topological polar surface area (TPSA) is 159 Å². The molecule has 240 valence electrons. The van der Waals surface area contributed by atoms with E-state index in [0.717, 1.165) is 0 Å². The lowest BCUT2D eigenvalue weighted by molar-refractivity contribution is -0.385. The molecule has 1 aliphatic heterocycles. The number of phenolic OH excluding ortho intramolecular Hbond substituents is 1. The monoisotopic (exact) mass is 646 g/mol. The Morgan fingerprint density at radius 3 is 1.35 bits per heavy atom. The molecule has 1 heterocycles. The highest BCUT2D eigenvalue weighted by Gasteiger charge is 2.55. The van der Waals surface area contributed by atoms with E-state index in [0.29, 0.717) is 22.3 Å². The van der Waals surface area contributed by atoms with Gasteiger partial charge in [-0.2, -0.15) is 0 Å². The Hall–Kier alpha value is -6.40. The molecule has 48 heavy (non-hydrogen) atoms. The molecule has 12 nitrogen and oxygen atoms in total. The SMILES string of the molecule is Cc1ccc([N+](=O)[O-])cc1Oc1ccc(C)c([N+]2(c3cc(Oc4cc([N+](=O)[O-])ccc4C)ccc3C)C(=O)c3cc(O)cc(c3)C2=O)c1. The molecule has 0 aromatic heterocycles. The maximum absolute atomic E-state index is 14.7. The minimum atomic E-state index is -0.963. The van der Waals surface area contributed by atoms with Gasteiger partial charge in [-0.1, -0.05) is 0 Å². The molecule has 0 saturated carbocycles. The van der Waals surface area contributed by atoms with Crippen molar-refractivity contribution >= 4 is 34.6 Å². The fourth-order valence-electron chi connectivity index (χ4n) is 5.81. The van der Waals surface area contributed by atoms with Crippen LogP contribution in [0.2, 0.25) is 0 Å². The van der Waals surface area contributed by atoms with Crippen molar-refractivity contribution in [3.63, 3.8) is 0 Å². The number of carbonyl (C=O) groups is 2. The lowest BCUT2D eigenvalue weighted by Gasteiger charge is -2.37. The molecule has 0 saturated heterocycles. The first kappa shape index (κ1) is 31.6. The van der Waals surface area contributed by atoms with Gasteiger partial charge in [0.25, 0.3) is 11.4 Å². The maximum Gasteiger partial charge on any atom is 0.363 e. The van der Waals surface area contributed by atoms with Crippen molar-refractivity contribution in [2.24, 2.45) is 0 Å². The molecular formula is C36H28N3O9+. The van der Waals surface area contributed by atoms with Crippen LogP contribution in [-0.2, 0) is 0 Å². The predicted octanol–water partition coefficient (Wildman–Crippen LogP) is 8.66. The number of non-ortho nitro benzene ring substituents is 2. The van der Waals surface area contributed by atoms with Crippen molar-refractivity contribution in [1.82, 2.24) is 4.48 Å². The average molecular weight is 647 g/mol. The highest BCUT2D eigenvalue weighted by Crippen LogP contribution is 2.48. The molecule has 6 rings (SSSR count). The second kappa shape index (κ2) is 11.8. The second-order valence-electron chi connectivity index (χ2n) is 11.6. The standard InChI is InChI=1S/C36H27N3O9/c1-20-7-11-29(47-33-16-26(37(43)44)9-5-22(33)3)18-31(20)39(35(41)24-13-25(36(39)42)15-28(40)14-24)32-19-30(12-8-21(32)2)48-34-17-27(38(45)46)10-6-23(34)4/h5-19H,1-4H3/p+1. The number of nitro benzene ring substituents is 2. The predicted molar refractivity (Wildman–Crippen MR) is 176 cm³/mol. The van der Waals surface area contributed by atoms with Gasteiger partial charge in [0.2, 0.25) is 0 Å². The van der Waals surface area contributed by atoms with Gasteiger partial charge in [0.15, 0.2) is 11.4 Å². The fraction of sp³-hybridized carbons (Fsp3) is 0.111. The number of hydrogen-bond donors (Lipinski definition) is 1. The Morgan fingerprint density at radius 1 is 0.562 bits per heavy atom. The third-order valence-electron chi connectivity index (χ3n) is 8.33. The number of amides is 2. The van der Waals surface area contributed by atoms with E-state index in [1.807, 2.05) is 0 Å². The van der Waals surface area contributed by atoms with Crippen LogP contribution in [0.25, 0.3) is 0 Å². The van der Waals surface area contributed by atoms with Gasteiger partial charge in [0, 0.05) is 35.4 Å². The van der Waals surface area contributed by atoms with Crippen molar-refractivity contribution < 1.29 is 34.0 Å². The van der Waals surface area contributed by atoms with Crippen molar-refractivity contribution in [2.75, 3.05) is 0 Å². The van der Waals surface area contributed by atoms with Crippen LogP contribution in [0.3, 0.4) is 0 Å². The smallest absolute Gasteiger partial charge is 0.363 e. The Bertz CT molecular complexity index is 2060. The van der Waals surface area contributed by atoms with Crippen LogP contribution in [-0.4, -0.2) is 26.8 Å². The molecule has 0 radical (unpaired) electrons. The van der Waals surface area contributed by atoms with E-state index in [1.165, 1.54) is 42.5 Å². The summed E-state index contributed by atoms with van der Waals surface area (Å²) in [6.07, 6.45) is 0. The van der Waals surface area contributed by atoms with Crippen LogP contribution < -0.4 is 14.0 Å². The first-order chi connectivity index (χ1) is 22.8. The van der Waals surface area contributed by atoms with Gasteiger partial charge in [-0.15, -0.1) is 4.48 Å². The minimum Gasteiger partial charge on any atom is -0.508 e. The molecule has 2 amide bonds. The number of aromatic hydroxyl groups is 1. The third-order valence-corrected chi connectivity index (χ3v) is 8.33. The van der Waals surface area contributed by atoms with Gasteiger partial charge in [-0.25, -0.2) is 9.59 Å². The zero-order chi connectivity index (χ0) is 34.5. The lowest BCUT2D eigenvalue weighted by Crippen LogP contribution is -2.57. The summed E-state index contributed by atoms with van der Waals surface area (Å²) in [4.78, 5) is 51.2. The number of nitro groups is 2. The fourth-order valence-corrected chi connectivity index (χ4v) is 5.81. The van der Waals surface area contributed by atoms with Crippen molar-refractivity contribution in [1.29, 1.82) is 0 Å². The number of carbonyl (C=O) groups excluding carboxylic acids is 2. The lowest BCUT2D eigenvalue weighted by atomic mass is 9.94. The molecule has 1 aliphatic rings. The second-order valence-corrected chi connectivity index (χ2v) is 11.6. The normalized spacial score (nSPS) is 13.2. The third kappa shape index (κ3) is 5.29. The van der Waals surface area contributed by atoms with E-state index in [1.54, 1.807) is 76.2 Å². The van der Waals surface area contributed by atoms with Crippen LogP contribution in [0, 0.1) is 47.9 Å². The largest absolute Gasteiger partial charge is 0.508 e. The van der Waals surface area contributed by atoms with Crippen molar-refractivity contribution in [3.05, 3.63) is 145 Å². The van der Waals surface area contributed by atoms with E-state index in [4.69, 9.17) is 9.47 Å². The maximum atomic E-state index is 14.7. The number of imide groups is 1. The molecule has 5 aromatic rings. The van der Waals surface area contributed by atoms with Crippen molar-refractivity contribution in [3.8, 4) is 28.7 Å². The molecule has 0 aliphatic carbocycles. The molecular weight excluding hydrogens is 618 g/mol. The summed E-state index contributed by atoms with van der Waals surface area (Å²) in [5.41, 5.74) is 2.67. The van der Waals surface area contributed by atoms with E-state index < -0.39 is 26.1 Å². The molecule has 1 N–H and O–H groups in total. The molecule has 0 fully saturated rings. The summed E-state index contributed by atoms with van der Waals surface area (Å²) in [5.74, 6) is -0.680. The van der Waals surface area contributed by atoms with Crippen molar-refractivity contribution in [2.45, 2.75) is 27.7 Å². The Morgan fingerprint density at radius 2 is 0.958 bits per heavy atom. The average Bonchev–Trinajstić information content (AvgIpc) is 3.04. The number of nitrogens with zero attached hydrogens (tertiary/aromatic N) is 3. The quantitative estimate of drug-likeness (QED) is 0.0753. The number of hydrogen-bond acceptors (Lipinski definition) is 9. The number of phenols is 1. The molecule has 0 unspecified atom stereocenters. The number of rotatable bonds is 8. The van der Waals surface area contributed by atoms with Crippen LogP contribution in [0.4, 0.5) is 22.7 Å². The molecule has 12 heteroatoms. The van der Waals surface area contributed by atoms with Crippen LogP contribution in [0.1, 0.15) is 43.0 Å². The Labute approximate surface area is 273 Å². The van der Waals surface area contributed by atoms with Gasteiger partial charge >= 0.3 is 11.8 Å². The van der Waals surface area contributed by atoms with E-state index in [9.17, 15) is 34.9 Å². The Balaban J connectivity index is 1.56. The first-order valence-corrected chi connectivity index (χ1v) is 14.7. The van der Waals surface area contributed by atoms with Gasteiger partial charge < -0.3 is 14.6 Å². The molecule has 0 atom stereocenters. The number of benzene rings is 5. The van der Waals surface area contributed by atoms with Gasteiger partial charge in [0.05, 0.1) is 33.1 Å². The zero-order valence-corrected chi connectivity index (χ0v) is 26.2. The van der Waals surface area contributed by atoms with Crippen LogP contribution in [0.15, 0.2) is 91.0 Å². The summed E-state index contributed by atoms with van der Waals surface area (Å²) in [6, 6.07) is 22.2. The zero-order valence-electron chi connectivity index (χ0n) is 26.2. The highest BCUT2D eigenvalue weighted by atomic mass is 16.6. The van der Waals surface area contributed by atoms with Crippen LogP contribution >= 0.6 is 0 Å². The summed E-state index contributed by atoms with van der Waals surface area (Å²) in [6.45, 7) is 6.94. The number of fused-ring (bicyclic) bond motifs is 2. The highest BCUT2D eigenvalue weighted by molar-refractivity contribution is 6.28. The van der Waals surface area contributed by atoms with E-state index in [2.05, 4.69) is 0 Å².